The fourth-order valence-corrected chi connectivity index (χ4v) is 5.12. The SMILES string of the molecule is COc1ccc(/C=C(\c2cc(OC)c(OC)c(OC)c2)c2nsc(-c3ccc(NC(=O)c4ccc(C)cc4)cc3)n2)cc1. The first kappa shape index (κ1) is 29.3. The molecule has 5 aromatic rings. The summed E-state index contributed by atoms with van der Waals surface area (Å²) in [6.45, 7) is 1.99. The summed E-state index contributed by atoms with van der Waals surface area (Å²) in [4.78, 5) is 17.5. The zero-order valence-electron chi connectivity index (χ0n) is 24.5. The summed E-state index contributed by atoms with van der Waals surface area (Å²) in [5.74, 6) is 2.69. The number of aromatic nitrogens is 2. The van der Waals surface area contributed by atoms with Crippen LogP contribution in [-0.2, 0) is 0 Å². The Balaban J connectivity index is 1.48. The molecular formula is C34H31N3O5S. The standard InChI is InChI=1S/C34H31N3O5S/c1-21-6-10-23(11-7-21)33(38)35-26-14-12-24(13-15-26)34-36-32(37-43-34)28(18-22-8-16-27(39-2)17-9-22)25-19-29(40-3)31(42-5)30(20-25)41-4/h6-20H,1-5H3,(H,35,38)/b28-18+. The van der Waals surface area contributed by atoms with Crippen LogP contribution in [0.2, 0.25) is 0 Å². The van der Waals surface area contributed by atoms with Gasteiger partial charge < -0.3 is 24.3 Å². The second-order valence-corrected chi connectivity index (χ2v) is 10.3. The Labute approximate surface area is 254 Å². The number of aryl methyl sites for hydroxylation is 1. The van der Waals surface area contributed by atoms with Gasteiger partial charge in [0.2, 0.25) is 5.75 Å². The van der Waals surface area contributed by atoms with Gasteiger partial charge in [-0.2, -0.15) is 4.37 Å². The minimum atomic E-state index is -0.162. The average Bonchev–Trinajstić information content (AvgIpc) is 3.54. The third-order valence-electron chi connectivity index (χ3n) is 6.77. The number of rotatable bonds is 10. The molecule has 0 aliphatic rings. The third-order valence-corrected chi connectivity index (χ3v) is 7.54. The average molecular weight is 594 g/mol. The van der Waals surface area contributed by atoms with Crippen LogP contribution in [-0.4, -0.2) is 43.7 Å². The number of hydrogen-bond donors (Lipinski definition) is 1. The summed E-state index contributed by atoms with van der Waals surface area (Å²) >= 11 is 1.29. The molecule has 0 atom stereocenters. The number of carbonyl (C=O) groups is 1. The van der Waals surface area contributed by atoms with Crippen molar-refractivity contribution in [3.8, 4) is 33.6 Å². The highest BCUT2D eigenvalue weighted by atomic mass is 32.1. The van der Waals surface area contributed by atoms with Gasteiger partial charge in [-0.3, -0.25) is 4.79 Å². The zero-order chi connectivity index (χ0) is 30.3. The molecule has 0 spiro atoms. The molecule has 1 N–H and O–H groups in total. The van der Waals surface area contributed by atoms with Gasteiger partial charge in [0.1, 0.15) is 10.8 Å². The lowest BCUT2D eigenvalue weighted by Gasteiger charge is -2.15. The summed E-state index contributed by atoms with van der Waals surface area (Å²) in [5, 5.41) is 3.68. The molecule has 0 aliphatic heterocycles. The molecule has 0 saturated heterocycles. The Morgan fingerprint density at radius 2 is 1.42 bits per heavy atom. The van der Waals surface area contributed by atoms with Crippen molar-refractivity contribution in [3.63, 3.8) is 0 Å². The van der Waals surface area contributed by atoms with Crippen molar-refractivity contribution < 1.29 is 23.7 Å². The van der Waals surface area contributed by atoms with Gasteiger partial charge in [0.05, 0.1) is 28.4 Å². The van der Waals surface area contributed by atoms with Crippen LogP contribution in [0.25, 0.3) is 22.2 Å². The molecule has 4 aromatic carbocycles. The summed E-state index contributed by atoms with van der Waals surface area (Å²) < 4.78 is 26.8. The fourth-order valence-electron chi connectivity index (χ4n) is 4.43. The monoisotopic (exact) mass is 593 g/mol. The predicted octanol–water partition coefficient (Wildman–Crippen LogP) is 7.39. The molecule has 0 aliphatic carbocycles. The first-order valence-electron chi connectivity index (χ1n) is 13.4. The lowest BCUT2D eigenvalue weighted by atomic mass is 10.0. The summed E-state index contributed by atoms with van der Waals surface area (Å²) in [6.07, 6.45) is 2.01. The minimum absolute atomic E-state index is 0.162. The van der Waals surface area contributed by atoms with E-state index in [1.54, 1.807) is 28.4 Å². The molecule has 9 heteroatoms. The smallest absolute Gasteiger partial charge is 0.255 e. The van der Waals surface area contributed by atoms with Crippen LogP contribution < -0.4 is 24.3 Å². The third kappa shape index (κ3) is 6.68. The van der Waals surface area contributed by atoms with Crippen LogP contribution >= 0.6 is 11.5 Å². The molecule has 218 valence electrons. The molecule has 1 heterocycles. The Kier molecular flexibility index (Phi) is 9.02. The van der Waals surface area contributed by atoms with E-state index in [-0.39, 0.29) is 5.91 Å². The number of methoxy groups -OCH3 is 4. The van der Waals surface area contributed by atoms with E-state index in [4.69, 9.17) is 28.3 Å². The van der Waals surface area contributed by atoms with Crippen LogP contribution in [0, 0.1) is 6.92 Å². The van der Waals surface area contributed by atoms with Crippen LogP contribution in [0.5, 0.6) is 23.0 Å². The highest BCUT2D eigenvalue weighted by Gasteiger charge is 2.19. The lowest BCUT2D eigenvalue weighted by Crippen LogP contribution is -2.11. The number of nitrogens with zero attached hydrogens (tertiary/aromatic N) is 2. The van der Waals surface area contributed by atoms with Gasteiger partial charge in [0.25, 0.3) is 5.91 Å². The van der Waals surface area contributed by atoms with Gasteiger partial charge in [-0.15, -0.1) is 0 Å². The van der Waals surface area contributed by atoms with E-state index < -0.39 is 0 Å². The predicted molar refractivity (Wildman–Crippen MR) is 171 cm³/mol. The van der Waals surface area contributed by atoms with Crippen molar-refractivity contribution in [2.45, 2.75) is 6.92 Å². The van der Waals surface area contributed by atoms with Crippen molar-refractivity contribution in [2.75, 3.05) is 33.8 Å². The summed E-state index contributed by atoms with van der Waals surface area (Å²) in [5.41, 5.74) is 5.78. The minimum Gasteiger partial charge on any atom is -0.497 e. The van der Waals surface area contributed by atoms with Crippen molar-refractivity contribution in [1.29, 1.82) is 0 Å². The van der Waals surface area contributed by atoms with E-state index in [1.807, 2.05) is 97.9 Å². The maximum atomic E-state index is 12.6. The molecule has 0 unspecified atom stereocenters. The fraction of sp³-hybridized carbons (Fsp3) is 0.147. The number of benzene rings is 4. The summed E-state index contributed by atoms with van der Waals surface area (Å²) in [7, 11) is 6.37. The highest BCUT2D eigenvalue weighted by Crippen LogP contribution is 2.41. The normalized spacial score (nSPS) is 11.1. The van der Waals surface area contributed by atoms with Gasteiger partial charge in [-0.05, 0) is 96.3 Å². The second-order valence-electron chi connectivity index (χ2n) is 9.57. The largest absolute Gasteiger partial charge is 0.497 e. The van der Waals surface area contributed by atoms with Gasteiger partial charge in [0, 0.05) is 22.4 Å². The van der Waals surface area contributed by atoms with Crippen LogP contribution in [0.1, 0.15) is 32.9 Å². The van der Waals surface area contributed by atoms with Gasteiger partial charge in [-0.25, -0.2) is 4.98 Å². The van der Waals surface area contributed by atoms with Gasteiger partial charge >= 0.3 is 0 Å². The van der Waals surface area contributed by atoms with E-state index >= 15 is 0 Å². The molecule has 1 amide bonds. The summed E-state index contributed by atoms with van der Waals surface area (Å²) in [6, 6.07) is 26.5. The maximum Gasteiger partial charge on any atom is 0.255 e. The van der Waals surface area contributed by atoms with E-state index in [2.05, 4.69) is 5.32 Å². The van der Waals surface area contributed by atoms with E-state index in [0.717, 1.165) is 38.6 Å². The first-order chi connectivity index (χ1) is 20.9. The number of hydrogen-bond acceptors (Lipinski definition) is 8. The lowest BCUT2D eigenvalue weighted by molar-refractivity contribution is 0.102. The number of amides is 1. The van der Waals surface area contributed by atoms with Crippen molar-refractivity contribution in [2.24, 2.45) is 0 Å². The quantitative estimate of drug-likeness (QED) is 0.169. The Morgan fingerprint density at radius 3 is 2.00 bits per heavy atom. The van der Waals surface area contributed by atoms with Crippen molar-refractivity contribution >= 4 is 34.8 Å². The van der Waals surface area contributed by atoms with Gasteiger partial charge in [-0.1, -0.05) is 29.8 Å². The number of ether oxygens (including phenoxy) is 4. The van der Waals surface area contributed by atoms with Crippen LogP contribution in [0.15, 0.2) is 84.9 Å². The Bertz CT molecular complexity index is 1720. The molecule has 0 fully saturated rings. The van der Waals surface area contributed by atoms with Crippen molar-refractivity contribution in [1.82, 2.24) is 9.36 Å². The Morgan fingerprint density at radius 1 is 0.767 bits per heavy atom. The first-order valence-corrected chi connectivity index (χ1v) is 14.2. The molecule has 0 bridgehead atoms. The number of anilines is 1. The molecule has 43 heavy (non-hydrogen) atoms. The second kappa shape index (κ2) is 13.2. The van der Waals surface area contributed by atoms with Gasteiger partial charge in [0.15, 0.2) is 17.3 Å². The molecule has 0 saturated carbocycles. The van der Waals surface area contributed by atoms with E-state index in [0.29, 0.717) is 34.3 Å². The molecule has 0 radical (unpaired) electrons. The molecular weight excluding hydrogens is 562 g/mol. The van der Waals surface area contributed by atoms with Crippen LogP contribution in [0.3, 0.4) is 0 Å². The Hall–Kier alpha value is -5.15. The topological polar surface area (TPSA) is 91.8 Å². The molecule has 1 aromatic heterocycles. The van der Waals surface area contributed by atoms with Crippen molar-refractivity contribution in [3.05, 3.63) is 113 Å². The highest BCUT2D eigenvalue weighted by molar-refractivity contribution is 7.09. The number of carbonyl (C=O) groups excluding carboxylic acids is 1. The zero-order valence-corrected chi connectivity index (χ0v) is 25.3. The van der Waals surface area contributed by atoms with E-state index in [1.165, 1.54) is 11.5 Å². The van der Waals surface area contributed by atoms with E-state index in [9.17, 15) is 4.79 Å². The number of nitrogens with one attached hydrogen (secondary N) is 1. The maximum absolute atomic E-state index is 12.6. The molecule has 5 rings (SSSR count). The molecule has 8 nitrogen and oxygen atoms in total. The van der Waals surface area contributed by atoms with Crippen LogP contribution in [0.4, 0.5) is 5.69 Å².